The summed E-state index contributed by atoms with van der Waals surface area (Å²) in [5, 5.41) is 0. The van der Waals surface area contributed by atoms with Gasteiger partial charge in [0, 0.05) is 0 Å². The molecule has 1 aliphatic carbocycles. The smallest absolute Gasteiger partial charge is 0.310 e. The summed E-state index contributed by atoms with van der Waals surface area (Å²) in [4.78, 5) is 11.7. The molecule has 0 radical (unpaired) electrons. The van der Waals surface area contributed by atoms with Crippen LogP contribution in [0.15, 0.2) is 34.9 Å². The van der Waals surface area contributed by atoms with Gasteiger partial charge in [-0.3, -0.25) is 4.79 Å². The van der Waals surface area contributed by atoms with Crippen LogP contribution in [-0.4, -0.2) is 12.6 Å². The molecule has 0 heterocycles. The van der Waals surface area contributed by atoms with E-state index >= 15 is 0 Å². The fraction of sp³-hybridized carbons (Fsp3) is 0.632. The van der Waals surface area contributed by atoms with Gasteiger partial charge in [-0.15, -0.1) is 0 Å². The average molecular weight is 290 g/mol. The summed E-state index contributed by atoms with van der Waals surface area (Å²) in [7, 11) is 0. The van der Waals surface area contributed by atoms with Crippen LogP contribution in [-0.2, 0) is 9.53 Å². The van der Waals surface area contributed by atoms with Crippen LogP contribution in [0.2, 0.25) is 0 Å². The molecule has 1 aliphatic rings. The first-order chi connectivity index (χ1) is 9.54. The molecule has 0 amide bonds. The van der Waals surface area contributed by atoms with E-state index in [1.165, 1.54) is 11.1 Å². The molecule has 0 aromatic carbocycles. The Morgan fingerprint density at radius 3 is 2.19 bits per heavy atom. The SMILES string of the molecule is CCOC(=O)CC1=CCC(C(C)(C)C)=CC(C(C)(C)C)=C1. The number of carbonyl (C=O) groups excluding carboxylic acids is 1. The predicted molar refractivity (Wildman–Crippen MR) is 89.0 cm³/mol. The summed E-state index contributed by atoms with van der Waals surface area (Å²) in [6, 6.07) is 0. The topological polar surface area (TPSA) is 26.3 Å². The van der Waals surface area contributed by atoms with Gasteiger partial charge in [0.05, 0.1) is 13.0 Å². The maximum atomic E-state index is 11.7. The molecule has 0 spiro atoms. The van der Waals surface area contributed by atoms with Crippen molar-refractivity contribution >= 4 is 5.97 Å². The summed E-state index contributed by atoms with van der Waals surface area (Å²) in [6.45, 7) is 15.6. The molecule has 0 atom stereocenters. The van der Waals surface area contributed by atoms with Crippen LogP contribution >= 0.6 is 0 Å². The zero-order chi connectivity index (χ0) is 16.3. The Morgan fingerprint density at radius 2 is 1.71 bits per heavy atom. The molecule has 0 saturated carbocycles. The van der Waals surface area contributed by atoms with Crippen molar-refractivity contribution in [3.63, 3.8) is 0 Å². The number of ether oxygens (including phenoxy) is 1. The number of allylic oxidation sites excluding steroid dienone is 5. The van der Waals surface area contributed by atoms with Gasteiger partial charge >= 0.3 is 5.97 Å². The van der Waals surface area contributed by atoms with Crippen molar-refractivity contribution in [1.82, 2.24) is 0 Å². The Labute approximate surface area is 130 Å². The molecule has 0 bridgehead atoms. The van der Waals surface area contributed by atoms with Gasteiger partial charge in [-0.1, -0.05) is 65.3 Å². The minimum absolute atomic E-state index is 0.0641. The van der Waals surface area contributed by atoms with Crippen molar-refractivity contribution in [3.05, 3.63) is 34.9 Å². The predicted octanol–water partition coefficient (Wildman–Crippen LogP) is 5.21. The molecule has 0 unspecified atom stereocenters. The van der Waals surface area contributed by atoms with E-state index in [9.17, 15) is 4.79 Å². The second-order valence-electron chi connectivity index (χ2n) is 7.73. The Hall–Kier alpha value is -1.31. The molecule has 118 valence electrons. The first-order valence-electron chi connectivity index (χ1n) is 7.82. The Bertz CT molecular complexity index is 477. The van der Waals surface area contributed by atoms with Crippen LogP contribution in [0.3, 0.4) is 0 Å². The second-order valence-corrected chi connectivity index (χ2v) is 7.73. The van der Waals surface area contributed by atoms with Crippen molar-refractivity contribution in [1.29, 1.82) is 0 Å². The van der Waals surface area contributed by atoms with Crippen LogP contribution in [0.25, 0.3) is 0 Å². The van der Waals surface area contributed by atoms with E-state index in [1.807, 2.05) is 6.92 Å². The first kappa shape index (κ1) is 17.7. The lowest BCUT2D eigenvalue weighted by molar-refractivity contribution is -0.142. The van der Waals surface area contributed by atoms with Crippen LogP contribution in [0, 0.1) is 10.8 Å². The van der Waals surface area contributed by atoms with Crippen molar-refractivity contribution in [2.24, 2.45) is 10.8 Å². The van der Waals surface area contributed by atoms with Crippen molar-refractivity contribution in [3.8, 4) is 0 Å². The highest BCUT2D eigenvalue weighted by atomic mass is 16.5. The molecule has 0 aliphatic heterocycles. The van der Waals surface area contributed by atoms with E-state index in [2.05, 4.69) is 59.8 Å². The number of hydrogen-bond acceptors (Lipinski definition) is 2. The van der Waals surface area contributed by atoms with E-state index < -0.39 is 0 Å². The summed E-state index contributed by atoms with van der Waals surface area (Å²) in [5.41, 5.74) is 3.95. The van der Waals surface area contributed by atoms with Gasteiger partial charge in [0.15, 0.2) is 0 Å². The minimum atomic E-state index is -0.146. The highest BCUT2D eigenvalue weighted by molar-refractivity contribution is 5.73. The third-order valence-electron chi connectivity index (χ3n) is 3.74. The largest absolute Gasteiger partial charge is 0.466 e. The quantitative estimate of drug-likeness (QED) is 0.666. The van der Waals surface area contributed by atoms with Gasteiger partial charge < -0.3 is 4.74 Å². The van der Waals surface area contributed by atoms with Crippen LogP contribution in [0.5, 0.6) is 0 Å². The molecule has 0 saturated heterocycles. The van der Waals surface area contributed by atoms with Crippen LogP contribution < -0.4 is 0 Å². The summed E-state index contributed by atoms with van der Waals surface area (Å²) >= 11 is 0. The lowest BCUT2D eigenvalue weighted by Crippen LogP contribution is -2.12. The number of hydrogen-bond donors (Lipinski definition) is 0. The van der Waals surface area contributed by atoms with Crippen molar-refractivity contribution in [2.75, 3.05) is 6.61 Å². The molecule has 2 heteroatoms. The van der Waals surface area contributed by atoms with Gasteiger partial charge in [0.25, 0.3) is 0 Å². The molecular formula is C19H30O2. The number of rotatable bonds is 3. The van der Waals surface area contributed by atoms with Gasteiger partial charge in [0.2, 0.25) is 0 Å². The molecule has 0 aromatic heterocycles. The fourth-order valence-corrected chi connectivity index (χ4v) is 2.25. The number of esters is 1. The first-order valence-corrected chi connectivity index (χ1v) is 7.82. The van der Waals surface area contributed by atoms with E-state index in [0.29, 0.717) is 13.0 Å². The van der Waals surface area contributed by atoms with Crippen molar-refractivity contribution in [2.45, 2.75) is 61.3 Å². The average Bonchev–Trinajstić information content (AvgIpc) is 2.50. The third kappa shape index (κ3) is 5.53. The Kier molecular flexibility index (Phi) is 5.61. The Morgan fingerprint density at radius 1 is 1.10 bits per heavy atom. The van der Waals surface area contributed by atoms with E-state index in [-0.39, 0.29) is 16.8 Å². The zero-order valence-corrected chi connectivity index (χ0v) is 14.7. The second kappa shape index (κ2) is 6.64. The fourth-order valence-electron chi connectivity index (χ4n) is 2.25. The summed E-state index contributed by atoms with van der Waals surface area (Å²) in [6.07, 6.45) is 7.91. The number of carbonyl (C=O) groups is 1. The van der Waals surface area contributed by atoms with E-state index in [4.69, 9.17) is 4.74 Å². The van der Waals surface area contributed by atoms with Gasteiger partial charge in [-0.25, -0.2) is 0 Å². The normalized spacial score (nSPS) is 16.6. The van der Waals surface area contributed by atoms with Crippen LogP contribution in [0.1, 0.15) is 61.3 Å². The minimum Gasteiger partial charge on any atom is -0.466 e. The standard InChI is InChI=1S/C19H30O2/c1-8-21-17(20)12-14-9-10-15(18(2,3)4)13-16(11-14)19(5,6)7/h9,11,13H,8,10,12H2,1-7H3. The maximum absolute atomic E-state index is 11.7. The summed E-state index contributed by atoms with van der Waals surface area (Å²) < 4.78 is 5.07. The molecule has 0 fully saturated rings. The lowest BCUT2D eigenvalue weighted by atomic mass is 9.79. The molecule has 21 heavy (non-hydrogen) atoms. The molecule has 1 rings (SSSR count). The highest BCUT2D eigenvalue weighted by Gasteiger charge is 2.23. The molecular weight excluding hydrogens is 260 g/mol. The third-order valence-corrected chi connectivity index (χ3v) is 3.74. The zero-order valence-electron chi connectivity index (χ0n) is 14.7. The monoisotopic (exact) mass is 290 g/mol. The Balaban J connectivity index is 3.11. The van der Waals surface area contributed by atoms with Crippen LogP contribution in [0.4, 0.5) is 0 Å². The maximum Gasteiger partial charge on any atom is 0.310 e. The summed E-state index contributed by atoms with van der Waals surface area (Å²) in [5.74, 6) is -0.146. The van der Waals surface area contributed by atoms with Gasteiger partial charge in [-0.2, -0.15) is 0 Å². The van der Waals surface area contributed by atoms with Crippen molar-refractivity contribution < 1.29 is 9.53 Å². The lowest BCUT2D eigenvalue weighted by Gasteiger charge is -2.26. The highest BCUT2D eigenvalue weighted by Crippen LogP contribution is 2.37. The van der Waals surface area contributed by atoms with Gasteiger partial charge in [0.1, 0.15) is 0 Å². The molecule has 0 aromatic rings. The van der Waals surface area contributed by atoms with Gasteiger partial charge in [-0.05, 0) is 35.3 Å². The molecule has 0 N–H and O–H groups in total. The van der Waals surface area contributed by atoms with E-state index in [0.717, 1.165) is 12.0 Å². The molecule has 2 nitrogen and oxygen atoms in total. The van der Waals surface area contributed by atoms with E-state index in [1.54, 1.807) is 0 Å².